The Hall–Kier alpha value is 0.668. The quantitative estimate of drug-likeness (QED) is 0.455. The van der Waals surface area contributed by atoms with E-state index in [-0.39, 0.29) is 0 Å². The zero-order chi connectivity index (χ0) is 7.82. The first-order valence-corrected chi connectivity index (χ1v) is 7.29. The van der Waals surface area contributed by atoms with E-state index >= 15 is 0 Å². The topological polar surface area (TPSA) is 57.2 Å². The number of rotatable bonds is 6. The summed E-state index contributed by atoms with van der Waals surface area (Å²) >= 11 is 0. The fourth-order valence-corrected chi connectivity index (χ4v) is 4.80. The molecule has 62 valence electrons. The van der Waals surface area contributed by atoms with Crippen molar-refractivity contribution in [3.63, 3.8) is 0 Å². The van der Waals surface area contributed by atoms with Gasteiger partial charge in [0.15, 0.2) is 0 Å². The lowest BCUT2D eigenvalue weighted by Gasteiger charge is -2.08. The van der Waals surface area contributed by atoms with Crippen molar-refractivity contribution >= 4 is 40.0 Å². The Morgan fingerprint density at radius 2 is 2.00 bits per heavy atom. The number of hydrogen-bond acceptors (Lipinski definition) is 5. The molecule has 0 aliphatic rings. The highest BCUT2D eigenvalue weighted by Gasteiger charge is 2.07. The Morgan fingerprint density at radius 3 is 2.50 bits per heavy atom. The molecule has 0 saturated carbocycles. The molecular formula is CH12O5Si4. The highest BCUT2D eigenvalue weighted by molar-refractivity contribution is 6.50. The van der Waals surface area contributed by atoms with Gasteiger partial charge in [0.25, 0.3) is 20.0 Å². The Kier molecular flexibility index (Phi) is 8.29. The van der Waals surface area contributed by atoms with E-state index < -0.39 is 29.5 Å². The minimum Gasteiger partial charge on any atom is -0.449 e. The summed E-state index contributed by atoms with van der Waals surface area (Å²) < 4.78 is 19.2. The van der Waals surface area contributed by atoms with Crippen LogP contribution in [0, 0.1) is 0 Å². The molecule has 9 heteroatoms. The monoisotopic (exact) mass is 216 g/mol. The van der Waals surface area contributed by atoms with Crippen LogP contribution in [0.15, 0.2) is 0 Å². The van der Waals surface area contributed by atoms with E-state index in [1.54, 1.807) is 7.11 Å². The Balaban J connectivity index is 3.00. The fraction of sp³-hybridized carbons (Fsp3) is 1.00. The van der Waals surface area contributed by atoms with Gasteiger partial charge < -0.3 is 21.6 Å². The summed E-state index contributed by atoms with van der Waals surface area (Å²) in [6.45, 7) is 0. The maximum absolute atomic E-state index is 8.93. The molecule has 0 spiro atoms. The lowest BCUT2D eigenvalue weighted by atomic mass is 11.8. The van der Waals surface area contributed by atoms with Crippen molar-refractivity contribution in [3.05, 3.63) is 0 Å². The van der Waals surface area contributed by atoms with E-state index in [2.05, 4.69) is 4.43 Å². The van der Waals surface area contributed by atoms with Gasteiger partial charge in [-0.2, -0.15) is 0 Å². The standard InChI is InChI=1S/CH12O5Si4/c1-3-8-5-10(2)6-9-4-7/h2,10H,8-9H2,1,7H3. The summed E-state index contributed by atoms with van der Waals surface area (Å²) in [6.07, 6.45) is 0. The average Bonchev–Trinajstić information content (AvgIpc) is 1.97. The second-order valence-corrected chi connectivity index (χ2v) is 8.09. The first-order chi connectivity index (χ1) is 4.81. The van der Waals surface area contributed by atoms with Gasteiger partial charge in [0.05, 0.1) is 0 Å². The lowest BCUT2D eigenvalue weighted by molar-refractivity contribution is 0.261. The van der Waals surface area contributed by atoms with Crippen molar-refractivity contribution in [3.8, 4) is 0 Å². The van der Waals surface area contributed by atoms with Crippen LogP contribution in [0.2, 0.25) is 0 Å². The molecule has 0 fully saturated rings. The van der Waals surface area contributed by atoms with Gasteiger partial charge >= 0.3 is 9.53 Å². The van der Waals surface area contributed by atoms with Crippen molar-refractivity contribution in [1.82, 2.24) is 0 Å². The van der Waals surface area contributed by atoms with Crippen LogP contribution < -0.4 is 0 Å². The van der Waals surface area contributed by atoms with Crippen LogP contribution in [0.3, 0.4) is 0 Å². The van der Waals surface area contributed by atoms with E-state index in [1.807, 2.05) is 0 Å². The normalized spacial score (nSPS) is 16.2. The highest BCUT2D eigenvalue weighted by Crippen LogP contribution is 1.80. The molecule has 1 atom stereocenters. The third-order valence-corrected chi connectivity index (χ3v) is 5.21. The maximum atomic E-state index is 8.93. The van der Waals surface area contributed by atoms with Gasteiger partial charge in [-0.3, -0.25) is 0 Å². The van der Waals surface area contributed by atoms with Crippen molar-refractivity contribution in [1.29, 1.82) is 0 Å². The van der Waals surface area contributed by atoms with E-state index in [9.17, 15) is 0 Å². The van der Waals surface area contributed by atoms with E-state index in [0.29, 0.717) is 10.5 Å². The van der Waals surface area contributed by atoms with Crippen LogP contribution in [0.4, 0.5) is 0 Å². The van der Waals surface area contributed by atoms with Crippen LogP contribution in [0.5, 0.6) is 0 Å². The molecule has 0 saturated heterocycles. The molecule has 10 heavy (non-hydrogen) atoms. The van der Waals surface area contributed by atoms with Gasteiger partial charge in [0.1, 0.15) is 10.5 Å². The van der Waals surface area contributed by atoms with Gasteiger partial charge in [0, 0.05) is 7.11 Å². The van der Waals surface area contributed by atoms with Crippen molar-refractivity contribution < 1.29 is 21.6 Å². The molecule has 0 heterocycles. The summed E-state index contributed by atoms with van der Waals surface area (Å²) in [5.41, 5.74) is 0. The first-order valence-electron chi connectivity index (χ1n) is 2.70. The summed E-state index contributed by atoms with van der Waals surface area (Å²) in [5, 5.41) is 0. The largest absolute Gasteiger partial charge is 0.462 e. The van der Waals surface area contributed by atoms with Gasteiger partial charge in [-0.25, -0.2) is 0 Å². The van der Waals surface area contributed by atoms with E-state index in [0.717, 1.165) is 0 Å². The van der Waals surface area contributed by atoms with Gasteiger partial charge in [0.2, 0.25) is 0 Å². The van der Waals surface area contributed by atoms with E-state index in [4.69, 9.17) is 17.1 Å². The molecule has 1 N–H and O–H groups in total. The second kappa shape index (κ2) is 7.77. The van der Waals surface area contributed by atoms with Gasteiger partial charge in [-0.1, -0.05) is 0 Å². The zero-order valence-electron chi connectivity index (χ0n) is 6.07. The molecular weight excluding hydrogens is 204 g/mol. The fourth-order valence-electron chi connectivity index (χ4n) is 0.301. The van der Waals surface area contributed by atoms with E-state index in [1.165, 1.54) is 0 Å². The van der Waals surface area contributed by atoms with Crippen LogP contribution in [0.25, 0.3) is 0 Å². The SMILES string of the molecule is CO[SiH2]O[SiH](O)O[SiH2]O[SiH3]. The molecule has 0 amide bonds. The van der Waals surface area contributed by atoms with Gasteiger partial charge in [-0.05, 0) is 0 Å². The average molecular weight is 216 g/mol. The summed E-state index contributed by atoms with van der Waals surface area (Å²) in [7, 11) is -2.05. The van der Waals surface area contributed by atoms with Crippen LogP contribution in [-0.2, 0) is 16.8 Å². The summed E-state index contributed by atoms with van der Waals surface area (Å²) in [4.78, 5) is 8.93. The van der Waals surface area contributed by atoms with Crippen LogP contribution in [-0.4, -0.2) is 51.9 Å². The third kappa shape index (κ3) is 6.78. The van der Waals surface area contributed by atoms with Crippen LogP contribution >= 0.6 is 0 Å². The third-order valence-electron chi connectivity index (χ3n) is 0.657. The molecule has 1 unspecified atom stereocenters. The predicted molar refractivity (Wildman–Crippen MR) is 46.7 cm³/mol. The molecule has 0 bridgehead atoms. The van der Waals surface area contributed by atoms with Crippen molar-refractivity contribution in [2.45, 2.75) is 0 Å². The molecule has 5 nitrogen and oxygen atoms in total. The molecule has 0 radical (unpaired) electrons. The summed E-state index contributed by atoms with van der Waals surface area (Å²) in [5.74, 6) is 0. The second-order valence-electron chi connectivity index (χ2n) is 1.45. The molecule has 0 aromatic heterocycles. The summed E-state index contributed by atoms with van der Waals surface area (Å²) in [6, 6.07) is 0. The van der Waals surface area contributed by atoms with Crippen molar-refractivity contribution in [2.24, 2.45) is 0 Å². The number of hydrogen-bond donors (Lipinski definition) is 1. The Labute approximate surface area is 69.3 Å². The molecule has 0 aromatic carbocycles. The molecule has 0 aromatic rings. The minimum absolute atomic E-state index is 0.672. The van der Waals surface area contributed by atoms with Crippen molar-refractivity contribution in [2.75, 3.05) is 7.11 Å². The minimum atomic E-state index is -2.34. The Morgan fingerprint density at radius 1 is 1.40 bits per heavy atom. The zero-order valence-corrected chi connectivity index (χ0v) is 12.1. The Bertz CT molecular complexity index is 62.7. The molecule has 0 aliphatic carbocycles. The smallest absolute Gasteiger partial charge is 0.449 e. The molecule has 0 aliphatic heterocycles. The van der Waals surface area contributed by atoms with Gasteiger partial charge in [-0.15, -0.1) is 0 Å². The predicted octanol–water partition coefficient (Wildman–Crippen LogP) is -4.33. The van der Waals surface area contributed by atoms with Crippen LogP contribution in [0.1, 0.15) is 0 Å². The molecule has 0 rings (SSSR count). The highest BCUT2D eigenvalue weighted by atomic mass is 28.4. The first kappa shape index (κ1) is 10.7. The lowest BCUT2D eigenvalue weighted by Crippen LogP contribution is -2.27. The maximum Gasteiger partial charge on any atom is 0.462 e.